The van der Waals surface area contributed by atoms with E-state index in [4.69, 9.17) is 4.74 Å². The van der Waals surface area contributed by atoms with Gasteiger partial charge in [-0.1, -0.05) is 0 Å². The van der Waals surface area contributed by atoms with Crippen LogP contribution in [0.1, 0.15) is 45.4 Å². The Morgan fingerprint density at radius 1 is 1.41 bits per heavy atom. The molecule has 2 fully saturated rings. The number of rotatable bonds is 5. The SMILES string of the molecule is CCOC(=O)C[C@@]1(CC2CCCN2)CCCN1. The van der Waals surface area contributed by atoms with E-state index in [2.05, 4.69) is 10.6 Å². The fraction of sp³-hybridized carbons (Fsp3) is 0.923. The van der Waals surface area contributed by atoms with Gasteiger partial charge in [-0.25, -0.2) is 0 Å². The molecule has 0 aromatic heterocycles. The molecule has 0 bridgehead atoms. The fourth-order valence-electron chi connectivity index (χ4n) is 3.16. The van der Waals surface area contributed by atoms with Crippen LogP contribution in [0, 0.1) is 0 Å². The lowest BCUT2D eigenvalue weighted by Gasteiger charge is -2.31. The molecule has 0 amide bonds. The van der Waals surface area contributed by atoms with Crippen LogP contribution in [0.15, 0.2) is 0 Å². The van der Waals surface area contributed by atoms with Crippen molar-refractivity contribution in [3.63, 3.8) is 0 Å². The second-order valence-electron chi connectivity index (χ2n) is 5.29. The molecule has 0 aromatic carbocycles. The standard InChI is InChI=1S/C13H24N2O2/c1-2-17-12(16)10-13(6-4-8-15-13)9-11-5-3-7-14-11/h11,14-15H,2-10H2,1H3/t11?,13-/m0/s1. The highest BCUT2D eigenvalue weighted by molar-refractivity contribution is 5.71. The lowest BCUT2D eigenvalue weighted by Crippen LogP contribution is -2.46. The van der Waals surface area contributed by atoms with Crippen LogP contribution < -0.4 is 10.6 Å². The first-order chi connectivity index (χ1) is 8.24. The minimum absolute atomic E-state index is 0.00569. The van der Waals surface area contributed by atoms with Gasteiger partial charge in [-0.05, 0) is 52.1 Å². The number of carbonyl (C=O) groups is 1. The highest BCUT2D eigenvalue weighted by Crippen LogP contribution is 2.30. The zero-order valence-corrected chi connectivity index (χ0v) is 10.8. The Morgan fingerprint density at radius 2 is 2.29 bits per heavy atom. The van der Waals surface area contributed by atoms with E-state index in [0.717, 1.165) is 25.9 Å². The summed E-state index contributed by atoms with van der Waals surface area (Å²) in [7, 11) is 0. The van der Waals surface area contributed by atoms with Crippen LogP contribution in [-0.2, 0) is 9.53 Å². The molecule has 0 aromatic rings. The Labute approximate surface area is 103 Å². The number of esters is 1. The molecule has 2 aliphatic heterocycles. The third kappa shape index (κ3) is 3.42. The van der Waals surface area contributed by atoms with E-state index in [1.165, 1.54) is 19.3 Å². The first-order valence-electron chi connectivity index (χ1n) is 6.88. The van der Waals surface area contributed by atoms with E-state index in [1.807, 2.05) is 6.92 Å². The van der Waals surface area contributed by atoms with Crippen LogP contribution in [0.5, 0.6) is 0 Å². The number of ether oxygens (including phenoxy) is 1. The molecule has 2 N–H and O–H groups in total. The van der Waals surface area contributed by atoms with Crippen molar-refractivity contribution < 1.29 is 9.53 Å². The van der Waals surface area contributed by atoms with Crippen LogP contribution >= 0.6 is 0 Å². The Morgan fingerprint density at radius 3 is 2.88 bits per heavy atom. The van der Waals surface area contributed by atoms with Crippen molar-refractivity contribution in [1.29, 1.82) is 0 Å². The van der Waals surface area contributed by atoms with Crippen LogP contribution in [-0.4, -0.2) is 37.2 Å². The highest BCUT2D eigenvalue weighted by Gasteiger charge is 2.38. The molecular weight excluding hydrogens is 216 g/mol. The number of hydrogen-bond acceptors (Lipinski definition) is 4. The van der Waals surface area contributed by atoms with Crippen molar-refractivity contribution in [1.82, 2.24) is 10.6 Å². The molecular formula is C13H24N2O2. The lowest BCUT2D eigenvalue weighted by atomic mass is 9.85. The van der Waals surface area contributed by atoms with E-state index in [-0.39, 0.29) is 11.5 Å². The zero-order valence-electron chi connectivity index (χ0n) is 10.8. The molecule has 2 atom stereocenters. The molecule has 4 heteroatoms. The molecule has 2 heterocycles. The third-order valence-electron chi connectivity index (χ3n) is 3.92. The average molecular weight is 240 g/mol. The summed E-state index contributed by atoms with van der Waals surface area (Å²) in [5, 5.41) is 7.07. The first kappa shape index (κ1) is 12.8. The Kier molecular flexibility index (Phi) is 4.40. The minimum Gasteiger partial charge on any atom is -0.466 e. The van der Waals surface area contributed by atoms with Crippen molar-refractivity contribution >= 4 is 5.97 Å². The smallest absolute Gasteiger partial charge is 0.307 e. The van der Waals surface area contributed by atoms with Crippen LogP contribution in [0.4, 0.5) is 0 Å². The van der Waals surface area contributed by atoms with Gasteiger partial charge in [0.05, 0.1) is 13.0 Å². The van der Waals surface area contributed by atoms with Gasteiger partial charge in [0.1, 0.15) is 0 Å². The molecule has 2 aliphatic rings. The normalized spacial score (nSPS) is 32.9. The van der Waals surface area contributed by atoms with E-state index < -0.39 is 0 Å². The molecule has 0 radical (unpaired) electrons. The van der Waals surface area contributed by atoms with E-state index >= 15 is 0 Å². The van der Waals surface area contributed by atoms with Crippen molar-refractivity contribution in [3.05, 3.63) is 0 Å². The Balaban J connectivity index is 1.91. The molecule has 98 valence electrons. The summed E-state index contributed by atoms with van der Waals surface area (Å²) in [6.07, 6.45) is 6.37. The average Bonchev–Trinajstić information content (AvgIpc) is 2.91. The van der Waals surface area contributed by atoms with Crippen molar-refractivity contribution in [2.45, 2.75) is 57.0 Å². The number of nitrogens with one attached hydrogen (secondary N) is 2. The van der Waals surface area contributed by atoms with Gasteiger partial charge in [0, 0.05) is 11.6 Å². The van der Waals surface area contributed by atoms with Gasteiger partial charge in [0.15, 0.2) is 0 Å². The van der Waals surface area contributed by atoms with E-state index in [9.17, 15) is 4.79 Å². The maximum atomic E-state index is 11.7. The quantitative estimate of drug-likeness (QED) is 0.709. The number of carbonyl (C=O) groups excluding carboxylic acids is 1. The predicted octanol–water partition coefficient (Wildman–Crippen LogP) is 1.20. The van der Waals surface area contributed by atoms with E-state index in [0.29, 0.717) is 19.1 Å². The molecule has 0 saturated carbocycles. The Bertz CT molecular complexity index is 256. The van der Waals surface area contributed by atoms with Gasteiger partial charge >= 0.3 is 5.97 Å². The van der Waals surface area contributed by atoms with Gasteiger partial charge in [-0.3, -0.25) is 4.79 Å². The van der Waals surface area contributed by atoms with Crippen LogP contribution in [0.3, 0.4) is 0 Å². The monoisotopic (exact) mass is 240 g/mol. The summed E-state index contributed by atoms with van der Waals surface area (Å²) >= 11 is 0. The summed E-state index contributed by atoms with van der Waals surface area (Å²) in [5.41, 5.74) is -0.00569. The molecule has 2 rings (SSSR count). The van der Waals surface area contributed by atoms with Crippen molar-refractivity contribution in [2.24, 2.45) is 0 Å². The number of hydrogen-bond donors (Lipinski definition) is 2. The third-order valence-corrected chi connectivity index (χ3v) is 3.92. The largest absolute Gasteiger partial charge is 0.466 e. The zero-order chi connectivity index (χ0) is 12.1. The first-order valence-corrected chi connectivity index (χ1v) is 6.88. The maximum absolute atomic E-state index is 11.7. The molecule has 4 nitrogen and oxygen atoms in total. The van der Waals surface area contributed by atoms with Gasteiger partial charge in [0.2, 0.25) is 0 Å². The summed E-state index contributed by atoms with van der Waals surface area (Å²) in [5.74, 6) is -0.0557. The van der Waals surface area contributed by atoms with Gasteiger partial charge in [0.25, 0.3) is 0 Å². The molecule has 0 aliphatic carbocycles. The highest BCUT2D eigenvalue weighted by atomic mass is 16.5. The summed E-state index contributed by atoms with van der Waals surface area (Å²) in [6, 6.07) is 0.579. The molecule has 0 spiro atoms. The van der Waals surface area contributed by atoms with Crippen LogP contribution in [0.2, 0.25) is 0 Å². The summed E-state index contributed by atoms with van der Waals surface area (Å²) < 4.78 is 5.09. The summed E-state index contributed by atoms with van der Waals surface area (Å²) in [4.78, 5) is 11.7. The van der Waals surface area contributed by atoms with Crippen molar-refractivity contribution in [3.8, 4) is 0 Å². The van der Waals surface area contributed by atoms with E-state index in [1.54, 1.807) is 0 Å². The summed E-state index contributed by atoms with van der Waals surface area (Å²) in [6.45, 7) is 4.51. The second-order valence-corrected chi connectivity index (χ2v) is 5.29. The topological polar surface area (TPSA) is 50.4 Å². The maximum Gasteiger partial charge on any atom is 0.307 e. The molecule has 1 unspecified atom stereocenters. The Hall–Kier alpha value is -0.610. The second kappa shape index (κ2) is 5.83. The molecule has 2 saturated heterocycles. The predicted molar refractivity (Wildman–Crippen MR) is 66.9 cm³/mol. The van der Waals surface area contributed by atoms with Gasteiger partial charge in [-0.15, -0.1) is 0 Å². The fourth-order valence-corrected chi connectivity index (χ4v) is 3.16. The van der Waals surface area contributed by atoms with Crippen LogP contribution in [0.25, 0.3) is 0 Å². The molecule has 17 heavy (non-hydrogen) atoms. The van der Waals surface area contributed by atoms with Gasteiger partial charge in [-0.2, -0.15) is 0 Å². The minimum atomic E-state index is -0.0557. The van der Waals surface area contributed by atoms with Gasteiger partial charge < -0.3 is 15.4 Å². The van der Waals surface area contributed by atoms with Crippen molar-refractivity contribution in [2.75, 3.05) is 19.7 Å². The lowest BCUT2D eigenvalue weighted by molar-refractivity contribution is -0.144.